The summed E-state index contributed by atoms with van der Waals surface area (Å²) in [5, 5.41) is 1.03. The van der Waals surface area contributed by atoms with E-state index in [-0.39, 0.29) is 5.91 Å². The second kappa shape index (κ2) is 7.19. The van der Waals surface area contributed by atoms with Crippen LogP contribution in [-0.2, 0) is 10.2 Å². The first-order valence-corrected chi connectivity index (χ1v) is 9.61. The molecule has 28 heavy (non-hydrogen) atoms. The number of amides is 1. The number of piperazine rings is 1. The van der Waals surface area contributed by atoms with Crippen molar-refractivity contribution in [3.63, 3.8) is 0 Å². The lowest BCUT2D eigenvalue weighted by Gasteiger charge is -2.39. The molecule has 1 aliphatic heterocycles. The Bertz CT molecular complexity index is 973. The molecule has 3 heterocycles. The fraction of sp³-hybridized carbons (Fsp3) is 0.364. The number of rotatable bonds is 4. The monoisotopic (exact) mass is 378 g/mol. The molecule has 3 aromatic rings. The molecule has 1 fully saturated rings. The van der Waals surface area contributed by atoms with E-state index in [1.165, 1.54) is 0 Å². The minimum Gasteiger partial charge on any atom is -0.497 e. The summed E-state index contributed by atoms with van der Waals surface area (Å²) in [5.74, 6) is 1.91. The van der Waals surface area contributed by atoms with E-state index < -0.39 is 5.41 Å². The van der Waals surface area contributed by atoms with Crippen LogP contribution in [0.4, 0.5) is 5.82 Å². The quantitative estimate of drug-likeness (QED) is 0.757. The molecule has 0 bridgehead atoms. The number of anilines is 1. The lowest BCUT2D eigenvalue weighted by Crippen LogP contribution is -2.53. The number of H-pyrrole nitrogens is 1. The van der Waals surface area contributed by atoms with Gasteiger partial charge in [0.05, 0.1) is 12.5 Å². The third kappa shape index (κ3) is 3.19. The average Bonchev–Trinajstić information content (AvgIpc) is 3.18. The fourth-order valence-corrected chi connectivity index (χ4v) is 3.93. The van der Waals surface area contributed by atoms with E-state index in [0.717, 1.165) is 41.1 Å². The van der Waals surface area contributed by atoms with Crippen molar-refractivity contribution >= 4 is 22.6 Å². The molecule has 1 amide bonds. The minimum atomic E-state index is -0.627. The number of carbonyl (C=O) groups is 1. The average molecular weight is 378 g/mol. The summed E-state index contributed by atoms with van der Waals surface area (Å²) >= 11 is 0. The molecule has 1 saturated heterocycles. The highest BCUT2D eigenvalue weighted by Gasteiger charge is 2.37. The zero-order valence-electron chi connectivity index (χ0n) is 16.6. The van der Waals surface area contributed by atoms with Gasteiger partial charge in [0.25, 0.3) is 0 Å². The van der Waals surface area contributed by atoms with Crippen molar-refractivity contribution in [3.05, 3.63) is 54.4 Å². The lowest BCUT2D eigenvalue weighted by atomic mass is 9.82. The number of nitrogens with one attached hydrogen (secondary N) is 1. The molecule has 146 valence electrons. The van der Waals surface area contributed by atoms with Gasteiger partial charge < -0.3 is 19.5 Å². The van der Waals surface area contributed by atoms with E-state index in [1.807, 2.05) is 61.3 Å². The molecule has 0 atom stereocenters. The highest BCUT2D eigenvalue weighted by Crippen LogP contribution is 2.34. The maximum absolute atomic E-state index is 13.4. The van der Waals surface area contributed by atoms with Gasteiger partial charge >= 0.3 is 0 Å². The normalized spacial score (nSPS) is 15.1. The van der Waals surface area contributed by atoms with E-state index in [2.05, 4.69) is 14.9 Å². The number of fused-ring (bicyclic) bond motifs is 1. The molecule has 1 aromatic carbocycles. The standard InChI is InChI=1S/C22H26N4O2/c1-22(2,18-15-24-19-8-7-16(28-3)14-17(18)19)21(27)26-12-10-25(11-13-26)20-6-4-5-9-23-20/h4-9,14-15,24H,10-13H2,1-3H3. The predicted molar refractivity (Wildman–Crippen MR) is 111 cm³/mol. The van der Waals surface area contributed by atoms with Crippen LogP contribution in [0.3, 0.4) is 0 Å². The highest BCUT2D eigenvalue weighted by molar-refractivity contribution is 5.95. The van der Waals surface area contributed by atoms with Gasteiger partial charge in [-0.05, 0) is 49.7 Å². The lowest BCUT2D eigenvalue weighted by molar-refractivity contribution is -0.136. The van der Waals surface area contributed by atoms with Crippen molar-refractivity contribution in [2.24, 2.45) is 0 Å². The number of aromatic nitrogens is 2. The van der Waals surface area contributed by atoms with Crippen LogP contribution in [0.1, 0.15) is 19.4 Å². The first-order valence-electron chi connectivity index (χ1n) is 9.61. The van der Waals surface area contributed by atoms with E-state index >= 15 is 0 Å². The third-order valence-corrected chi connectivity index (χ3v) is 5.64. The predicted octanol–water partition coefficient (Wildman–Crippen LogP) is 3.20. The van der Waals surface area contributed by atoms with Crippen LogP contribution < -0.4 is 9.64 Å². The molecule has 2 aromatic heterocycles. The molecule has 6 nitrogen and oxygen atoms in total. The number of aromatic amines is 1. The number of methoxy groups -OCH3 is 1. The van der Waals surface area contributed by atoms with Gasteiger partial charge in [0.15, 0.2) is 0 Å². The van der Waals surface area contributed by atoms with Crippen molar-refractivity contribution < 1.29 is 9.53 Å². The highest BCUT2D eigenvalue weighted by atomic mass is 16.5. The van der Waals surface area contributed by atoms with Crippen molar-refractivity contribution in [1.82, 2.24) is 14.9 Å². The summed E-state index contributed by atoms with van der Waals surface area (Å²) in [6.45, 7) is 6.99. The Balaban J connectivity index is 1.53. The van der Waals surface area contributed by atoms with Crippen LogP contribution in [0, 0.1) is 0 Å². The Morgan fingerprint density at radius 2 is 1.93 bits per heavy atom. The van der Waals surface area contributed by atoms with Gasteiger partial charge in [-0.1, -0.05) is 6.07 Å². The number of carbonyl (C=O) groups excluding carboxylic acids is 1. The second-order valence-corrected chi connectivity index (χ2v) is 7.71. The molecule has 0 saturated carbocycles. The number of benzene rings is 1. The van der Waals surface area contributed by atoms with Gasteiger partial charge in [0.1, 0.15) is 11.6 Å². The number of hydrogen-bond donors (Lipinski definition) is 1. The molecule has 0 unspecified atom stereocenters. The van der Waals surface area contributed by atoms with Crippen molar-refractivity contribution in [2.45, 2.75) is 19.3 Å². The van der Waals surface area contributed by atoms with Gasteiger partial charge in [0.2, 0.25) is 5.91 Å². The first-order chi connectivity index (χ1) is 13.5. The van der Waals surface area contributed by atoms with E-state index in [4.69, 9.17) is 4.74 Å². The largest absolute Gasteiger partial charge is 0.497 e. The SMILES string of the molecule is COc1ccc2[nH]cc(C(C)(C)C(=O)N3CCN(c4ccccn4)CC3)c2c1. The van der Waals surface area contributed by atoms with E-state index in [9.17, 15) is 4.79 Å². The zero-order chi connectivity index (χ0) is 19.7. The summed E-state index contributed by atoms with van der Waals surface area (Å²) in [4.78, 5) is 25.3. The van der Waals surface area contributed by atoms with Gasteiger partial charge in [-0.25, -0.2) is 4.98 Å². The molecule has 4 rings (SSSR count). The molecule has 1 N–H and O–H groups in total. The van der Waals surface area contributed by atoms with Crippen LogP contribution >= 0.6 is 0 Å². The molecule has 6 heteroatoms. The summed E-state index contributed by atoms with van der Waals surface area (Å²) in [6.07, 6.45) is 3.76. The second-order valence-electron chi connectivity index (χ2n) is 7.71. The van der Waals surface area contributed by atoms with Gasteiger partial charge in [0, 0.05) is 49.5 Å². The molecule has 0 radical (unpaired) electrons. The van der Waals surface area contributed by atoms with Crippen LogP contribution in [0.5, 0.6) is 5.75 Å². The summed E-state index contributed by atoms with van der Waals surface area (Å²) < 4.78 is 5.37. The maximum atomic E-state index is 13.4. The molecule has 1 aliphatic rings. The smallest absolute Gasteiger partial charge is 0.232 e. The minimum absolute atomic E-state index is 0.150. The van der Waals surface area contributed by atoms with Gasteiger partial charge in [-0.3, -0.25) is 4.79 Å². The Hall–Kier alpha value is -3.02. The van der Waals surface area contributed by atoms with Crippen LogP contribution in [0.15, 0.2) is 48.8 Å². The molecular weight excluding hydrogens is 352 g/mol. The topological polar surface area (TPSA) is 61.5 Å². The van der Waals surface area contributed by atoms with Crippen LogP contribution in [0.2, 0.25) is 0 Å². The Labute approximate surface area is 165 Å². The van der Waals surface area contributed by atoms with E-state index in [0.29, 0.717) is 13.1 Å². The van der Waals surface area contributed by atoms with E-state index in [1.54, 1.807) is 13.3 Å². The zero-order valence-corrected chi connectivity index (χ0v) is 16.6. The maximum Gasteiger partial charge on any atom is 0.232 e. The third-order valence-electron chi connectivity index (χ3n) is 5.64. The van der Waals surface area contributed by atoms with Crippen LogP contribution in [0.25, 0.3) is 10.9 Å². The molecule has 0 spiro atoms. The Morgan fingerprint density at radius 3 is 2.61 bits per heavy atom. The first kappa shape index (κ1) is 18.3. The Kier molecular flexibility index (Phi) is 4.71. The van der Waals surface area contributed by atoms with Crippen molar-refractivity contribution in [2.75, 3.05) is 38.2 Å². The van der Waals surface area contributed by atoms with Gasteiger partial charge in [-0.2, -0.15) is 0 Å². The van der Waals surface area contributed by atoms with Crippen LogP contribution in [-0.4, -0.2) is 54.1 Å². The Morgan fingerprint density at radius 1 is 1.14 bits per heavy atom. The summed E-state index contributed by atoms with van der Waals surface area (Å²) in [6, 6.07) is 11.8. The van der Waals surface area contributed by atoms with Crippen molar-refractivity contribution in [1.29, 1.82) is 0 Å². The molecular formula is C22H26N4O2. The van der Waals surface area contributed by atoms with Crippen molar-refractivity contribution in [3.8, 4) is 5.75 Å². The summed E-state index contributed by atoms with van der Waals surface area (Å²) in [7, 11) is 1.66. The number of hydrogen-bond acceptors (Lipinski definition) is 4. The summed E-state index contributed by atoms with van der Waals surface area (Å²) in [5.41, 5.74) is 1.38. The molecule has 0 aliphatic carbocycles. The fourth-order valence-electron chi connectivity index (χ4n) is 3.93. The number of ether oxygens (including phenoxy) is 1. The van der Waals surface area contributed by atoms with Gasteiger partial charge in [-0.15, -0.1) is 0 Å². The number of nitrogens with zero attached hydrogens (tertiary/aromatic N) is 3. The number of pyridine rings is 1.